The van der Waals surface area contributed by atoms with Crippen LogP contribution in [0.4, 0.5) is 0 Å². The topological polar surface area (TPSA) is 106 Å². The summed E-state index contributed by atoms with van der Waals surface area (Å²) in [7, 11) is 1.24. The molecule has 28 heavy (non-hydrogen) atoms. The third-order valence-electron chi connectivity index (χ3n) is 4.50. The van der Waals surface area contributed by atoms with Crippen LogP contribution >= 0.6 is 0 Å². The minimum absolute atomic E-state index is 0.0249. The van der Waals surface area contributed by atoms with Crippen molar-refractivity contribution >= 4 is 34.7 Å². The Kier molecular flexibility index (Phi) is 4.15. The maximum absolute atomic E-state index is 12.8. The van der Waals surface area contributed by atoms with Gasteiger partial charge in [0.25, 0.3) is 11.8 Å². The first-order valence-corrected chi connectivity index (χ1v) is 8.37. The van der Waals surface area contributed by atoms with E-state index in [2.05, 4.69) is 4.98 Å². The number of aromatic amines is 1. The van der Waals surface area contributed by atoms with Crippen LogP contribution in [0, 0.1) is 0 Å². The molecule has 8 heteroatoms. The number of hydrogen-bond acceptors (Lipinski definition) is 6. The van der Waals surface area contributed by atoms with E-state index in [-0.39, 0.29) is 23.2 Å². The van der Waals surface area contributed by atoms with E-state index in [0.29, 0.717) is 21.5 Å². The summed E-state index contributed by atoms with van der Waals surface area (Å²) in [5.41, 5.74) is 1.27. The summed E-state index contributed by atoms with van der Waals surface area (Å²) >= 11 is 0. The molecule has 2 heterocycles. The van der Waals surface area contributed by atoms with Crippen molar-refractivity contribution in [2.24, 2.45) is 0 Å². The van der Waals surface area contributed by atoms with Crippen LogP contribution in [0.15, 0.2) is 48.5 Å². The average Bonchev–Trinajstić information content (AvgIpc) is 3.19. The fourth-order valence-corrected chi connectivity index (χ4v) is 3.15. The largest absolute Gasteiger partial charge is 0.469 e. The zero-order valence-electron chi connectivity index (χ0n) is 14.7. The predicted molar refractivity (Wildman–Crippen MR) is 96.4 cm³/mol. The molecule has 140 valence electrons. The Morgan fingerprint density at radius 2 is 1.57 bits per heavy atom. The second-order valence-electron chi connectivity index (χ2n) is 6.11. The molecule has 0 spiro atoms. The number of carbonyl (C=O) groups is 4. The average molecular weight is 378 g/mol. The van der Waals surface area contributed by atoms with Crippen LogP contribution in [0.1, 0.15) is 36.8 Å². The van der Waals surface area contributed by atoms with E-state index in [4.69, 9.17) is 9.57 Å². The van der Waals surface area contributed by atoms with Crippen LogP contribution in [-0.4, -0.2) is 40.9 Å². The Balaban J connectivity index is 1.68. The van der Waals surface area contributed by atoms with E-state index < -0.39 is 23.8 Å². The maximum atomic E-state index is 12.8. The number of aromatic nitrogens is 1. The minimum Gasteiger partial charge on any atom is -0.469 e. The number of rotatable bonds is 4. The molecule has 3 aromatic rings. The van der Waals surface area contributed by atoms with Gasteiger partial charge in [-0.1, -0.05) is 35.4 Å². The number of ether oxygens (including phenoxy) is 1. The standard InChI is InChI=1S/C20H14N2O6/c1-27-16(23)10-14-11-6-4-5-9-15(11)21-17(14)20(26)28-22-18(24)12-7-2-3-8-13(12)19(22)25/h2-9,21H,10H2,1H3. The molecule has 0 saturated heterocycles. The first-order valence-electron chi connectivity index (χ1n) is 8.37. The van der Waals surface area contributed by atoms with Crippen LogP contribution in [-0.2, 0) is 20.8 Å². The van der Waals surface area contributed by atoms with Gasteiger partial charge in [-0.05, 0) is 18.2 Å². The Morgan fingerprint density at radius 1 is 0.964 bits per heavy atom. The van der Waals surface area contributed by atoms with Crippen LogP contribution < -0.4 is 0 Å². The number of hydroxylamine groups is 2. The molecule has 0 aliphatic carbocycles. The van der Waals surface area contributed by atoms with Crippen molar-refractivity contribution in [1.29, 1.82) is 0 Å². The fourth-order valence-electron chi connectivity index (χ4n) is 3.15. The molecule has 0 radical (unpaired) electrons. The van der Waals surface area contributed by atoms with Gasteiger partial charge in [-0.3, -0.25) is 14.4 Å². The zero-order chi connectivity index (χ0) is 19.8. The number of nitrogens with zero attached hydrogens (tertiary/aromatic N) is 1. The first-order chi connectivity index (χ1) is 13.5. The molecule has 0 unspecified atom stereocenters. The number of fused-ring (bicyclic) bond motifs is 2. The normalized spacial score (nSPS) is 13.0. The van der Waals surface area contributed by atoms with Gasteiger partial charge in [0.1, 0.15) is 5.69 Å². The van der Waals surface area contributed by atoms with E-state index in [9.17, 15) is 19.2 Å². The number of imide groups is 1. The molecule has 1 aromatic heterocycles. The number of para-hydroxylation sites is 1. The van der Waals surface area contributed by atoms with E-state index >= 15 is 0 Å². The molecule has 0 atom stereocenters. The lowest BCUT2D eigenvalue weighted by atomic mass is 10.1. The molecular weight excluding hydrogens is 364 g/mol. The number of esters is 1. The lowest BCUT2D eigenvalue weighted by Crippen LogP contribution is -2.33. The second kappa shape index (κ2) is 6.66. The van der Waals surface area contributed by atoms with Crippen molar-refractivity contribution in [1.82, 2.24) is 10.0 Å². The van der Waals surface area contributed by atoms with E-state index in [0.717, 1.165) is 0 Å². The maximum Gasteiger partial charge on any atom is 0.380 e. The number of benzene rings is 2. The van der Waals surface area contributed by atoms with Gasteiger partial charge < -0.3 is 14.6 Å². The molecule has 2 aromatic carbocycles. The van der Waals surface area contributed by atoms with Crippen LogP contribution in [0.2, 0.25) is 0 Å². The highest BCUT2D eigenvalue weighted by Crippen LogP contribution is 2.27. The fraction of sp³-hybridized carbons (Fsp3) is 0.100. The van der Waals surface area contributed by atoms with Crippen molar-refractivity contribution < 1.29 is 28.8 Å². The molecule has 1 aliphatic rings. The lowest BCUT2D eigenvalue weighted by molar-refractivity contribution is -0.139. The van der Waals surface area contributed by atoms with Gasteiger partial charge in [0.2, 0.25) is 0 Å². The monoisotopic (exact) mass is 378 g/mol. The van der Waals surface area contributed by atoms with Crippen LogP contribution in [0.25, 0.3) is 10.9 Å². The Bertz CT molecular complexity index is 1110. The van der Waals surface area contributed by atoms with E-state index in [1.807, 2.05) is 0 Å². The quantitative estimate of drug-likeness (QED) is 0.551. The van der Waals surface area contributed by atoms with E-state index in [1.165, 1.54) is 19.2 Å². The molecule has 0 fully saturated rings. The van der Waals surface area contributed by atoms with Gasteiger partial charge in [0.05, 0.1) is 24.7 Å². The Morgan fingerprint density at radius 3 is 2.21 bits per heavy atom. The van der Waals surface area contributed by atoms with Gasteiger partial charge in [0, 0.05) is 16.5 Å². The van der Waals surface area contributed by atoms with Gasteiger partial charge >= 0.3 is 11.9 Å². The molecule has 1 aliphatic heterocycles. The summed E-state index contributed by atoms with van der Waals surface area (Å²) in [5, 5.41) is 1.07. The van der Waals surface area contributed by atoms with Crippen molar-refractivity contribution in [3.05, 3.63) is 70.9 Å². The SMILES string of the molecule is COC(=O)Cc1c(C(=O)ON2C(=O)c3ccccc3C2=O)[nH]c2ccccc12. The molecule has 2 amide bonds. The second-order valence-corrected chi connectivity index (χ2v) is 6.11. The highest BCUT2D eigenvalue weighted by atomic mass is 16.7. The van der Waals surface area contributed by atoms with Gasteiger partial charge in [0.15, 0.2) is 0 Å². The minimum atomic E-state index is -0.954. The smallest absolute Gasteiger partial charge is 0.380 e. The van der Waals surface area contributed by atoms with Crippen LogP contribution in [0.5, 0.6) is 0 Å². The zero-order valence-corrected chi connectivity index (χ0v) is 14.7. The number of H-pyrrole nitrogens is 1. The third kappa shape index (κ3) is 2.71. The van der Waals surface area contributed by atoms with Crippen molar-refractivity contribution in [2.75, 3.05) is 7.11 Å². The van der Waals surface area contributed by atoms with Gasteiger partial charge in [-0.2, -0.15) is 0 Å². The number of carbonyl (C=O) groups excluding carboxylic acids is 4. The number of nitrogens with one attached hydrogen (secondary N) is 1. The number of hydrogen-bond donors (Lipinski definition) is 1. The molecular formula is C20H14N2O6. The van der Waals surface area contributed by atoms with Crippen LogP contribution in [0.3, 0.4) is 0 Å². The van der Waals surface area contributed by atoms with Crippen molar-refractivity contribution in [2.45, 2.75) is 6.42 Å². The highest BCUT2D eigenvalue weighted by Gasteiger charge is 2.39. The lowest BCUT2D eigenvalue weighted by Gasteiger charge is -2.12. The summed E-state index contributed by atoms with van der Waals surface area (Å²) in [4.78, 5) is 57.3. The highest BCUT2D eigenvalue weighted by molar-refractivity contribution is 6.21. The summed E-state index contributed by atoms with van der Waals surface area (Å²) in [6.07, 6.45) is -0.174. The summed E-state index contributed by atoms with van der Waals surface area (Å²) in [6.45, 7) is 0. The number of amides is 2. The van der Waals surface area contributed by atoms with Crippen molar-refractivity contribution in [3.8, 4) is 0 Å². The summed E-state index contributed by atoms with van der Waals surface area (Å²) in [6, 6.07) is 13.2. The molecule has 4 rings (SSSR count). The van der Waals surface area contributed by atoms with Gasteiger partial charge in [-0.15, -0.1) is 0 Å². The predicted octanol–water partition coefficient (Wildman–Crippen LogP) is 2.25. The summed E-state index contributed by atoms with van der Waals surface area (Å²) in [5.74, 6) is -2.94. The van der Waals surface area contributed by atoms with Crippen molar-refractivity contribution in [3.63, 3.8) is 0 Å². The Hall–Kier alpha value is -3.94. The molecule has 8 nitrogen and oxygen atoms in total. The first kappa shape index (κ1) is 17.5. The van der Waals surface area contributed by atoms with Gasteiger partial charge in [-0.25, -0.2) is 4.79 Å². The molecule has 0 bridgehead atoms. The molecule has 0 saturated carbocycles. The van der Waals surface area contributed by atoms with E-state index in [1.54, 1.807) is 36.4 Å². The Labute approximate surface area is 158 Å². The summed E-state index contributed by atoms with van der Waals surface area (Å²) < 4.78 is 4.69. The molecule has 1 N–H and O–H groups in total. The third-order valence-corrected chi connectivity index (χ3v) is 4.50. The number of methoxy groups -OCH3 is 1.